The Morgan fingerprint density at radius 3 is 2.60 bits per heavy atom. The molecule has 0 amide bonds. The number of rotatable bonds is 8. The van der Waals surface area contributed by atoms with Crippen LogP contribution in [0.4, 0.5) is 0 Å². The van der Waals surface area contributed by atoms with Crippen LogP contribution in [0.5, 0.6) is 0 Å². The number of cyclic esters (lactones) is 1. The van der Waals surface area contributed by atoms with Crippen LogP contribution in [0.1, 0.15) is 60.3 Å². The molecule has 2 atom stereocenters. The Bertz CT molecular complexity index is 317. The van der Waals surface area contributed by atoms with Gasteiger partial charge in [0.15, 0.2) is 0 Å². The molecule has 0 radical (unpaired) electrons. The Morgan fingerprint density at radius 1 is 1.35 bits per heavy atom. The van der Waals surface area contributed by atoms with Gasteiger partial charge in [0.1, 0.15) is 12.1 Å². The molecule has 1 aliphatic heterocycles. The molecule has 0 aromatic heterocycles. The SMILES string of the molecule is CCCCC(CC)COCC1(C)COC(=O)C(C)(C)N1. The molecule has 4 heteroatoms. The van der Waals surface area contributed by atoms with Crippen molar-refractivity contribution in [3.8, 4) is 0 Å². The van der Waals surface area contributed by atoms with Gasteiger partial charge in [-0.05, 0) is 33.1 Å². The quantitative estimate of drug-likeness (QED) is 0.697. The largest absolute Gasteiger partial charge is 0.462 e. The lowest BCUT2D eigenvalue weighted by atomic mass is 9.94. The number of unbranched alkanes of at least 4 members (excludes halogenated alkanes) is 1. The number of carbonyl (C=O) groups excluding carboxylic acids is 1. The highest BCUT2D eigenvalue weighted by atomic mass is 16.5. The van der Waals surface area contributed by atoms with Gasteiger partial charge < -0.3 is 9.47 Å². The molecule has 0 saturated carbocycles. The molecule has 1 fully saturated rings. The molecule has 20 heavy (non-hydrogen) atoms. The number of morpholine rings is 1. The predicted molar refractivity (Wildman–Crippen MR) is 80.7 cm³/mol. The molecule has 2 unspecified atom stereocenters. The zero-order chi connectivity index (χ0) is 15.2. The van der Waals surface area contributed by atoms with Crippen molar-refractivity contribution in [3.63, 3.8) is 0 Å². The van der Waals surface area contributed by atoms with Crippen molar-refractivity contribution in [1.29, 1.82) is 0 Å². The summed E-state index contributed by atoms with van der Waals surface area (Å²) in [7, 11) is 0. The van der Waals surface area contributed by atoms with Crippen molar-refractivity contribution in [2.45, 2.75) is 71.4 Å². The van der Waals surface area contributed by atoms with Crippen LogP contribution in [0.2, 0.25) is 0 Å². The zero-order valence-corrected chi connectivity index (χ0v) is 13.8. The van der Waals surface area contributed by atoms with Crippen LogP contribution in [-0.2, 0) is 14.3 Å². The van der Waals surface area contributed by atoms with Crippen LogP contribution < -0.4 is 5.32 Å². The van der Waals surface area contributed by atoms with Crippen molar-refractivity contribution >= 4 is 5.97 Å². The molecule has 1 aliphatic rings. The van der Waals surface area contributed by atoms with E-state index in [4.69, 9.17) is 9.47 Å². The monoisotopic (exact) mass is 285 g/mol. The average Bonchev–Trinajstić information content (AvgIpc) is 2.38. The number of carbonyl (C=O) groups is 1. The van der Waals surface area contributed by atoms with Crippen molar-refractivity contribution in [3.05, 3.63) is 0 Å². The van der Waals surface area contributed by atoms with Crippen LogP contribution in [0.3, 0.4) is 0 Å². The van der Waals surface area contributed by atoms with E-state index in [0.29, 0.717) is 19.1 Å². The van der Waals surface area contributed by atoms with E-state index >= 15 is 0 Å². The normalized spacial score (nSPS) is 27.1. The van der Waals surface area contributed by atoms with E-state index in [1.165, 1.54) is 19.3 Å². The van der Waals surface area contributed by atoms with Gasteiger partial charge in [-0.1, -0.05) is 33.1 Å². The molecule has 0 spiro atoms. The van der Waals surface area contributed by atoms with Crippen molar-refractivity contribution in [2.75, 3.05) is 19.8 Å². The average molecular weight is 285 g/mol. The fourth-order valence-electron chi connectivity index (χ4n) is 2.67. The van der Waals surface area contributed by atoms with Gasteiger partial charge in [0.05, 0.1) is 12.1 Å². The van der Waals surface area contributed by atoms with Crippen LogP contribution in [0.15, 0.2) is 0 Å². The first-order valence-electron chi connectivity index (χ1n) is 7.87. The summed E-state index contributed by atoms with van der Waals surface area (Å²) in [5, 5.41) is 3.35. The molecule has 1 heterocycles. The lowest BCUT2D eigenvalue weighted by molar-refractivity contribution is -0.163. The highest BCUT2D eigenvalue weighted by Gasteiger charge is 2.43. The van der Waals surface area contributed by atoms with Gasteiger partial charge in [-0.3, -0.25) is 10.1 Å². The Labute approximate surface area is 123 Å². The molecule has 118 valence electrons. The summed E-state index contributed by atoms with van der Waals surface area (Å²) < 4.78 is 11.2. The highest BCUT2D eigenvalue weighted by Crippen LogP contribution is 2.21. The van der Waals surface area contributed by atoms with E-state index in [2.05, 4.69) is 19.2 Å². The summed E-state index contributed by atoms with van der Waals surface area (Å²) in [6.07, 6.45) is 4.89. The molecule has 4 nitrogen and oxygen atoms in total. The Morgan fingerprint density at radius 2 is 2.05 bits per heavy atom. The first-order chi connectivity index (χ1) is 9.33. The lowest BCUT2D eigenvalue weighted by Gasteiger charge is -2.42. The molecule has 1 N–H and O–H groups in total. The number of nitrogens with one attached hydrogen (secondary N) is 1. The summed E-state index contributed by atoms with van der Waals surface area (Å²) in [5.41, 5.74) is -0.927. The minimum Gasteiger partial charge on any atom is -0.462 e. The first-order valence-corrected chi connectivity index (χ1v) is 7.87. The second-order valence-corrected chi connectivity index (χ2v) is 6.82. The van der Waals surface area contributed by atoms with Crippen molar-refractivity contribution in [1.82, 2.24) is 5.32 Å². The van der Waals surface area contributed by atoms with Crippen LogP contribution in [-0.4, -0.2) is 36.9 Å². The van der Waals surface area contributed by atoms with E-state index in [1.54, 1.807) is 0 Å². The van der Waals surface area contributed by atoms with E-state index in [0.717, 1.165) is 13.0 Å². The summed E-state index contributed by atoms with van der Waals surface area (Å²) in [6.45, 7) is 11.9. The van der Waals surface area contributed by atoms with Crippen LogP contribution >= 0.6 is 0 Å². The Hall–Kier alpha value is -0.610. The van der Waals surface area contributed by atoms with Crippen molar-refractivity contribution < 1.29 is 14.3 Å². The minimum absolute atomic E-state index is 0.190. The molecule has 0 aliphatic carbocycles. The molecule has 0 aromatic carbocycles. The van der Waals surface area contributed by atoms with E-state index in [-0.39, 0.29) is 11.5 Å². The minimum atomic E-state index is -0.636. The third kappa shape index (κ3) is 5.06. The van der Waals surface area contributed by atoms with Crippen LogP contribution in [0.25, 0.3) is 0 Å². The molecule has 1 saturated heterocycles. The molecular weight excluding hydrogens is 254 g/mol. The third-order valence-electron chi connectivity index (χ3n) is 3.96. The number of esters is 1. The maximum absolute atomic E-state index is 11.6. The van der Waals surface area contributed by atoms with Gasteiger partial charge in [0.2, 0.25) is 0 Å². The summed E-state index contributed by atoms with van der Waals surface area (Å²) in [4.78, 5) is 11.6. The van der Waals surface area contributed by atoms with Gasteiger partial charge in [0.25, 0.3) is 0 Å². The fourth-order valence-corrected chi connectivity index (χ4v) is 2.67. The first kappa shape index (κ1) is 17.4. The Balaban J connectivity index is 2.38. The summed E-state index contributed by atoms with van der Waals surface area (Å²) in [6, 6.07) is 0. The zero-order valence-electron chi connectivity index (χ0n) is 13.8. The topological polar surface area (TPSA) is 47.6 Å². The third-order valence-corrected chi connectivity index (χ3v) is 3.96. The second kappa shape index (κ2) is 7.41. The molecule has 0 bridgehead atoms. The fraction of sp³-hybridized carbons (Fsp3) is 0.938. The second-order valence-electron chi connectivity index (χ2n) is 6.82. The van der Waals surface area contributed by atoms with Gasteiger partial charge in [-0.25, -0.2) is 0 Å². The van der Waals surface area contributed by atoms with Gasteiger partial charge in [-0.15, -0.1) is 0 Å². The smallest absolute Gasteiger partial charge is 0.325 e. The maximum Gasteiger partial charge on any atom is 0.325 e. The van der Waals surface area contributed by atoms with Gasteiger partial charge >= 0.3 is 5.97 Å². The van der Waals surface area contributed by atoms with Gasteiger partial charge in [0, 0.05) is 6.61 Å². The van der Waals surface area contributed by atoms with Crippen LogP contribution in [0, 0.1) is 5.92 Å². The van der Waals surface area contributed by atoms with Gasteiger partial charge in [-0.2, -0.15) is 0 Å². The number of ether oxygens (including phenoxy) is 2. The summed E-state index contributed by atoms with van der Waals surface area (Å²) >= 11 is 0. The molecule has 0 aromatic rings. The number of hydrogen-bond acceptors (Lipinski definition) is 4. The standard InChI is InChI=1S/C16H31NO3/c1-6-8-9-13(7-2)10-19-11-16(5)12-20-14(18)15(3,4)17-16/h13,17H,6-12H2,1-5H3. The van der Waals surface area contributed by atoms with E-state index in [1.807, 2.05) is 20.8 Å². The van der Waals surface area contributed by atoms with Crippen molar-refractivity contribution in [2.24, 2.45) is 5.92 Å². The van der Waals surface area contributed by atoms with E-state index in [9.17, 15) is 4.79 Å². The Kier molecular flexibility index (Phi) is 6.46. The molecule has 1 rings (SSSR count). The number of hydrogen-bond donors (Lipinski definition) is 1. The summed E-state index contributed by atoms with van der Waals surface area (Å²) in [5.74, 6) is 0.446. The highest BCUT2D eigenvalue weighted by molar-refractivity contribution is 5.80. The lowest BCUT2D eigenvalue weighted by Crippen LogP contribution is -2.66. The predicted octanol–water partition coefficient (Wildman–Crippen LogP) is 2.90. The van der Waals surface area contributed by atoms with E-state index < -0.39 is 5.54 Å². The molecular formula is C16H31NO3. The maximum atomic E-state index is 11.6.